The van der Waals surface area contributed by atoms with E-state index in [4.69, 9.17) is 0 Å². The van der Waals surface area contributed by atoms with Gasteiger partial charge < -0.3 is 4.90 Å². The largest absolute Gasteiger partial charge is 0.416 e. The van der Waals surface area contributed by atoms with Gasteiger partial charge in [0.2, 0.25) is 10.0 Å². The molecule has 0 radical (unpaired) electrons. The molecule has 7 nitrogen and oxygen atoms in total. The number of alkyl halides is 3. The van der Waals surface area contributed by atoms with Crippen LogP contribution in [0, 0.1) is 0 Å². The molecular formula is C18H18F3N5O2S. The lowest BCUT2D eigenvalue weighted by atomic mass is 10.2. The smallest absolute Gasteiger partial charge is 0.355 e. The molecule has 0 bridgehead atoms. The number of hydrogen-bond acceptors (Lipinski definition) is 5. The van der Waals surface area contributed by atoms with Gasteiger partial charge in [-0.05, 0) is 24.6 Å². The van der Waals surface area contributed by atoms with Crippen molar-refractivity contribution in [2.75, 3.05) is 22.7 Å². The fourth-order valence-corrected chi connectivity index (χ4v) is 4.94. The number of aromatic nitrogens is 3. The number of sulfonamides is 1. The van der Waals surface area contributed by atoms with Crippen LogP contribution in [0.15, 0.2) is 42.7 Å². The minimum atomic E-state index is -4.48. The number of nitrogens with zero attached hydrogens (tertiary/aromatic N) is 4. The molecule has 3 aromatic rings. The topological polar surface area (TPSA) is 80.1 Å². The highest BCUT2D eigenvalue weighted by Crippen LogP contribution is 2.32. The maximum absolute atomic E-state index is 12.9. The van der Waals surface area contributed by atoms with E-state index in [0.29, 0.717) is 17.7 Å². The quantitative estimate of drug-likeness (QED) is 0.695. The zero-order chi connectivity index (χ0) is 20.8. The first-order chi connectivity index (χ1) is 13.6. The molecule has 1 N–H and O–H groups in total. The van der Waals surface area contributed by atoms with Crippen LogP contribution in [-0.4, -0.2) is 41.5 Å². The van der Waals surface area contributed by atoms with E-state index in [2.05, 4.69) is 14.8 Å². The molecule has 0 amide bonds. The molecule has 1 aliphatic heterocycles. The SMILES string of the molecule is Cn1ncc2cccc(NS(=O)(=O)[C@@H]3CCN(c4cc(C(F)(F)F)ccn4)C3)c21. The van der Waals surface area contributed by atoms with Crippen LogP contribution < -0.4 is 9.62 Å². The van der Waals surface area contributed by atoms with Gasteiger partial charge in [-0.1, -0.05) is 12.1 Å². The zero-order valence-electron chi connectivity index (χ0n) is 15.4. The van der Waals surface area contributed by atoms with Crippen molar-refractivity contribution in [2.45, 2.75) is 17.8 Å². The third-order valence-corrected chi connectivity index (χ3v) is 6.76. The van der Waals surface area contributed by atoms with Crippen LogP contribution in [0.3, 0.4) is 0 Å². The zero-order valence-corrected chi connectivity index (χ0v) is 16.2. The Kier molecular flexibility index (Phi) is 4.64. The molecule has 2 aromatic heterocycles. The average Bonchev–Trinajstić information content (AvgIpc) is 3.30. The van der Waals surface area contributed by atoms with E-state index in [1.807, 2.05) is 6.07 Å². The van der Waals surface area contributed by atoms with Crippen LogP contribution in [0.1, 0.15) is 12.0 Å². The molecule has 0 aliphatic carbocycles. The van der Waals surface area contributed by atoms with Crippen LogP contribution >= 0.6 is 0 Å². The van der Waals surface area contributed by atoms with E-state index in [1.54, 1.807) is 35.0 Å². The summed E-state index contributed by atoms with van der Waals surface area (Å²) in [6.07, 6.45) is -1.47. The second-order valence-corrected chi connectivity index (χ2v) is 8.88. The number of fused-ring (bicyclic) bond motifs is 1. The molecule has 3 heterocycles. The number of anilines is 2. The van der Waals surface area contributed by atoms with Crippen molar-refractivity contribution < 1.29 is 21.6 Å². The lowest BCUT2D eigenvalue weighted by molar-refractivity contribution is -0.137. The molecule has 1 aromatic carbocycles. The molecule has 4 rings (SSSR count). The molecule has 1 atom stereocenters. The second kappa shape index (κ2) is 6.90. The van der Waals surface area contributed by atoms with Crippen LogP contribution in [-0.2, 0) is 23.2 Å². The average molecular weight is 425 g/mol. The Morgan fingerprint density at radius 2 is 2.03 bits per heavy atom. The highest BCUT2D eigenvalue weighted by Gasteiger charge is 2.36. The summed E-state index contributed by atoms with van der Waals surface area (Å²) in [5, 5.41) is 4.16. The molecule has 29 heavy (non-hydrogen) atoms. The van der Waals surface area contributed by atoms with E-state index >= 15 is 0 Å². The highest BCUT2D eigenvalue weighted by molar-refractivity contribution is 7.93. The first-order valence-electron chi connectivity index (χ1n) is 8.86. The lowest BCUT2D eigenvalue weighted by Gasteiger charge is -2.19. The van der Waals surface area contributed by atoms with Crippen molar-refractivity contribution in [3.8, 4) is 0 Å². The van der Waals surface area contributed by atoms with Crippen LogP contribution in [0.5, 0.6) is 0 Å². The number of benzene rings is 1. The first-order valence-corrected chi connectivity index (χ1v) is 10.4. The van der Waals surface area contributed by atoms with Crippen molar-refractivity contribution in [3.05, 3.63) is 48.3 Å². The summed E-state index contributed by atoms with van der Waals surface area (Å²) in [7, 11) is -2.04. The van der Waals surface area contributed by atoms with Crippen LogP contribution in [0.25, 0.3) is 10.9 Å². The Morgan fingerprint density at radius 1 is 1.24 bits per heavy atom. The molecule has 154 valence electrons. The third-order valence-electron chi connectivity index (χ3n) is 4.99. The van der Waals surface area contributed by atoms with Crippen molar-refractivity contribution in [3.63, 3.8) is 0 Å². The monoisotopic (exact) mass is 425 g/mol. The Hall–Kier alpha value is -2.82. The highest BCUT2D eigenvalue weighted by atomic mass is 32.2. The maximum Gasteiger partial charge on any atom is 0.416 e. The number of aryl methyl sites for hydroxylation is 1. The summed E-state index contributed by atoms with van der Waals surface area (Å²) >= 11 is 0. The first kappa shape index (κ1) is 19.5. The van der Waals surface area contributed by atoms with Crippen molar-refractivity contribution in [2.24, 2.45) is 7.05 Å². The van der Waals surface area contributed by atoms with Crippen LogP contribution in [0.2, 0.25) is 0 Å². The maximum atomic E-state index is 12.9. The summed E-state index contributed by atoms with van der Waals surface area (Å²) in [5.41, 5.74) is 0.262. The Bertz CT molecular complexity index is 1160. The van der Waals surface area contributed by atoms with E-state index < -0.39 is 27.0 Å². The fraction of sp³-hybridized carbons (Fsp3) is 0.333. The van der Waals surface area contributed by atoms with Crippen molar-refractivity contribution >= 4 is 32.4 Å². The summed E-state index contributed by atoms with van der Waals surface area (Å²) in [6.45, 7) is 0.362. The van der Waals surface area contributed by atoms with Crippen LogP contribution in [0.4, 0.5) is 24.7 Å². The number of rotatable bonds is 4. The molecule has 0 unspecified atom stereocenters. The van der Waals surface area contributed by atoms with Crippen molar-refractivity contribution in [1.29, 1.82) is 0 Å². The number of halogens is 3. The van der Waals surface area contributed by atoms with Gasteiger partial charge in [-0.2, -0.15) is 18.3 Å². The summed E-state index contributed by atoms with van der Waals surface area (Å²) in [6, 6.07) is 7.05. The third kappa shape index (κ3) is 3.74. The Labute approximate surface area is 165 Å². The van der Waals surface area contributed by atoms with Gasteiger partial charge in [-0.15, -0.1) is 0 Å². The summed E-state index contributed by atoms with van der Waals surface area (Å²) in [4.78, 5) is 5.54. The van der Waals surface area contributed by atoms with Gasteiger partial charge in [-0.25, -0.2) is 13.4 Å². The van der Waals surface area contributed by atoms with Gasteiger partial charge in [0.15, 0.2) is 0 Å². The summed E-state index contributed by atoms with van der Waals surface area (Å²) < 4.78 is 68.8. The van der Waals surface area contributed by atoms with E-state index in [-0.39, 0.29) is 18.8 Å². The van der Waals surface area contributed by atoms with E-state index in [9.17, 15) is 21.6 Å². The van der Waals surface area contributed by atoms with Gasteiger partial charge in [0, 0.05) is 31.7 Å². The van der Waals surface area contributed by atoms with E-state index in [1.165, 1.54) is 0 Å². The van der Waals surface area contributed by atoms with Gasteiger partial charge in [0.1, 0.15) is 5.82 Å². The van der Waals surface area contributed by atoms with E-state index in [0.717, 1.165) is 23.7 Å². The minimum absolute atomic E-state index is 0.0605. The molecule has 1 fully saturated rings. The molecule has 11 heteroatoms. The van der Waals surface area contributed by atoms with Crippen molar-refractivity contribution in [1.82, 2.24) is 14.8 Å². The van der Waals surface area contributed by atoms with Gasteiger partial charge in [0.05, 0.1) is 28.2 Å². The number of hydrogen-bond donors (Lipinski definition) is 1. The molecule has 0 spiro atoms. The molecule has 0 saturated carbocycles. The Morgan fingerprint density at radius 3 is 2.79 bits per heavy atom. The van der Waals surface area contributed by atoms with Gasteiger partial charge >= 0.3 is 6.18 Å². The Balaban J connectivity index is 1.55. The molecular weight excluding hydrogens is 407 g/mol. The predicted molar refractivity (Wildman–Crippen MR) is 103 cm³/mol. The predicted octanol–water partition coefficient (Wildman–Crippen LogP) is 3.01. The van der Waals surface area contributed by atoms with Gasteiger partial charge in [-0.3, -0.25) is 9.40 Å². The number of nitrogens with one attached hydrogen (secondary N) is 1. The lowest BCUT2D eigenvalue weighted by Crippen LogP contribution is -2.31. The molecule has 1 aliphatic rings. The second-order valence-electron chi connectivity index (χ2n) is 6.92. The normalized spacial score (nSPS) is 17.8. The standard InChI is InChI=1S/C18H18F3N5O2S/c1-25-17-12(10-23-25)3-2-4-15(17)24-29(27,28)14-6-8-26(11-14)16-9-13(5-7-22-16)18(19,20)21/h2-5,7,9-10,14,24H,6,8,11H2,1H3/t14-/m1/s1. The summed E-state index contributed by atoms with van der Waals surface area (Å²) in [5.74, 6) is 0.117. The minimum Gasteiger partial charge on any atom is -0.355 e. The number of pyridine rings is 1. The van der Waals surface area contributed by atoms with Gasteiger partial charge in [0.25, 0.3) is 0 Å². The fourth-order valence-electron chi connectivity index (χ4n) is 3.51. The molecule has 1 saturated heterocycles. The number of para-hydroxylation sites is 1.